The van der Waals surface area contributed by atoms with Crippen molar-refractivity contribution in [3.63, 3.8) is 0 Å². The van der Waals surface area contributed by atoms with Gasteiger partial charge in [-0.15, -0.1) is 0 Å². The standard InChI is InChI=1S/C33H42N4O6S/c1-30(2,3)27(28(38)39)37(29(40)43-31(4,5)6)26-12-8-11-25(36-26)33(34,44(41,42)24-10-9-19-35-21-24)20-22-13-15-23(16-14-22)32(7)17-18-32/h8-16,19,21,27H,17-18,20,34H2,1-7H3,(H,38,39). The fourth-order valence-electron chi connectivity index (χ4n) is 5.15. The van der Waals surface area contributed by atoms with Crippen LogP contribution >= 0.6 is 0 Å². The quantitative estimate of drug-likeness (QED) is 0.311. The van der Waals surface area contributed by atoms with Crippen molar-refractivity contribution in [2.24, 2.45) is 11.1 Å². The van der Waals surface area contributed by atoms with Gasteiger partial charge < -0.3 is 15.6 Å². The molecule has 0 radical (unpaired) electrons. The monoisotopic (exact) mass is 622 g/mol. The Hall–Kier alpha value is -3.83. The Morgan fingerprint density at radius 2 is 1.66 bits per heavy atom. The number of nitrogens with two attached hydrogens (primary N) is 1. The molecule has 11 heteroatoms. The molecule has 1 fully saturated rings. The highest BCUT2D eigenvalue weighted by Crippen LogP contribution is 2.47. The third-order valence-electron chi connectivity index (χ3n) is 7.86. The van der Waals surface area contributed by atoms with Crippen LogP contribution in [0.2, 0.25) is 0 Å². The van der Waals surface area contributed by atoms with Crippen LogP contribution in [0.15, 0.2) is 71.9 Å². The van der Waals surface area contributed by atoms with Gasteiger partial charge in [0.1, 0.15) is 17.5 Å². The molecule has 1 aliphatic rings. The van der Waals surface area contributed by atoms with Crippen molar-refractivity contribution in [1.29, 1.82) is 0 Å². The second kappa shape index (κ2) is 11.6. The molecule has 0 bridgehead atoms. The fourth-order valence-corrected chi connectivity index (χ4v) is 6.77. The molecule has 2 aromatic heterocycles. The molecular weight excluding hydrogens is 580 g/mol. The van der Waals surface area contributed by atoms with Crippen LogP contribution in [0.25, 0.3) is 0 Å². The summed E-state index contributed by atoms with van der Waals surface area (Å²) in [5.41, 5.74) is 6.95. The van der Waals surface area contributed by atoms with Crippen LogP contribution in [0.4, 0.5) is 10.6 Å². The molecule has 2 atom stereocenters. The van der Waals surface area contributed by atoms with Crippen molar-refractivity contribution >= 4 is 27.7 Å². The summed E-state index contributed by atoms with van der Waals surface area (Å²) in [7, 11) is -4.33. The molecule has 1 amide bonds. The minimum Gasteiger partial charge on any atom is -0.480 e. The largest absolute Gasteiger partial charge is 0.480 e. The lowest BCUT2D eigenvalue weighted by Crippen LogP contribution is -2.54. The van der Waals surface area contributed by atoms with Crippen LogP contribution in [0.5, 0.6) is 0 Å². The molecule has 10 nitrogen and oxygen atoms in total. The van der Waals surface area contributed by atoms with Crippen molar-refractivity contribution in [3.05, 3.63) is 83.8 Å². The van der Waals surface area contributed by atoms with Gasteiger partial charge in [-0.25, -0.2) is 27.9 Å². The van der Waals surface area contributed by atoms with E-state index in [2.05, 4.69) is 16.9 Å². The number of ether oxygens (including phenoxy) is 1. The van der Waals surface area contributed by atoms with Gasteiger partial charge in [0, 0.05) is 18.8 Å². The number of sulfone groups is 1. The van der Waals surface area contributed by atoms with Gasteiger partial charge in [-0.1, -0.05) is 58.0 Å². The molecule has 1 aromatic carbocycles. The zero-order chi connectivity index (χ0) is 32.7. The van der Waals surface area contributed by atoms with Crippen LogP contribution < -0.4 is 10.6 Å². The smallest absolute Gasteiger partial charge is 0.416 e. The Balaban J connectivity index is 1.89. The topological polar surface area (TPSA) is 153 Å². The Morgan fingerprint density at radius 1 is 1.02 bits per heavy atom. The zero-order valence-electron chi connectivity index (χ0n) is 26.4. The Kier molecular flexibility index (Phi) is 8.71. The van der Waals surface area contributed by atoms with Crippen molar-refractivity contribution in [2.45, 2.75) is 94.6 Å². The number of amides is 1. The molecule has 1 saturated carbocycles. The molecule has 0 spiro atoms. The number of carboxylic acid groups (broad SMARTS) is 1. The maximum absolute atomic E-state index is 14.3. The second-order valence-electron chi connectivity index (χ2n) is 13.9. The lowest BCUT2D eigenvalue weighted by molar-refractivity contribution is -0.141. The van der Waals surface area contributed by atoms with Crippen molar-refractivity contribution in [2.75, 3.05) is 4.90 Å². The first-order valence-corrected chi connectivity index (χ1v) is 16.0. The lowest BCUT2D eigenvalue weighted by Gasteiger charge is -2.37. The molecule has 0 saturated heterocycles. The molecule has 2 unspecified atom stereocenters. The first-order chi connectivity index (χ1) is 20.3. The number of aliphatic carboxylic acids is 1. The highest BCUT2D eigenvalue weighted by Gasteiger charge is 2.47. The number of hydrogen-bond acceptors (Lipinski definition) is 8. The molecular formula is C33H42N4O6S. The molecule has 2 heterocycles. The minimum atomic E-state index is -4.33. The van der Waals surface area contributed by atoms with E-state index in [1.165, 1.54) is 48.3 Å². The Labute approximate surface area is 259 Å². The summed E-state index contributed by atoms with van der Waals surface area (Å²) in [6.07, 6.45) is 3.80. The maximum Gasteiger partial charge on any atom is 0.416 e. The van der Waals surface area contributed by atoms with Gasteiger partial charge in [0.25, 0.3) is 0 Å². The summed E-state index contributed by atoms with van der Waals surface area (Å²) < 4.78 is 34.2. The number of carboxylic acids is 1. The van der Waals surface area contributed by atoms with E-state index in [-0.39, 0.29) is 28.2 Å². The minimum absolute atomic E-state index is 0.0660. The summed E-state index contributed by atoms with van der Waals surface area (Å²) in [5, 5.41) is 10.3. The van der Waals surface area contributed by atoms with Gasteiger partial charge in [0.15, 0.2) is 4.87 Å². The first kappa shape index (κ1) is 33.1. The van der Waals surface area contributed by atoms with Crippen LogP contribution in [-0.4, -0.2) is 47.2 Å². The predicted octanol–water partition coefficient (Wildman–Crippen LogP) is 5.60. The molecule has 1 aliphatic carbocycles. The number of pyridine rings is 2. The average molecular weight is 623 g/mol. The van der Waals surface area contributed by atoms with Crippen LogP contribution in [0, 0.1) is 5.41 Å². The zero-order valence-corrected chi connectivity index (χ0v) is 27.2. The Bertz CT molecular complexity index is 1630. The van der Waals surface area contributed by atoms with Crippen molar-refractivity contribution in [3.8, 4) is 0 Å². The average Bonchev–Trinajstić information content (AvgIpc) is 3.68. The number of aromatic nitrogens is 2. The predicted molar refractivity (Wildman–Crippen MR) is 168 cm³/mol. The highest BCUT2D eigenvalue weighted by molar-refractivity contribution is 7.92. The van der Waals surface area contributed by atoms with Gasteiger partial charge in [-0.3, -0.25) is 4.98 Å². The number of benzene rings is 1. The van der Waals surface area contributed by atoms with Gasteiger partial charge in [-0.05, 0) is 79.8 Å². The SMILES string of the molecule is CC(C)(C)OC(=O)N(c1cccc(C(N)(Cc2ccc(C3(C)CC3)cc2)S(=O)(=O)c2cccnc2)n1)C(C(=O)O)C(C)(C)C. The third-order valence-corrected chi connectivity index (χ3v) is 10.0. The van der Waals surface area contributed by atoms with Crippen LogP contribution in [0.1, 0.15) is 78.1 Å². The van der Waals surface area contributed by atoms with E-state index < -0.39 is 43.8 Å². The number of nitrogens with zero attached hydrogens (tertiary/aromatic N) is 3. The molecule has 44 heavy (non-hydrogen) atoms. The van der Waals surface area contributed by atoms with E-state index in [1.807, 2.05) is 24.3 Å². The van der Waals surface area contributed by atoms with Crippen LogP contribution in [-0.2, 0) is 36.1 Å². The van der Waals surface area contributed by atoms with Crippen molar-refractivity contribution < 1.29 is 27.9 Å². The van der Waals surface area contributed by atoms with E-state index in [0.717, 1.165) is 17.7 Å². The van der Waals surface area contributed by atoms with Gasteiger partial charge in [-0.2, -0.15) is 0 Å². The molecule has 4 rings (SSSR count). The maximum atomic E-state index is 14.3. The molecule has 3 N–H and O–H groups in total. The summed E-state index contributed by atoms with van der Waals surface area (Å²) in [6.45, 7) is 12.2. The van der Waals surface area contributed by atoms with E-state index in [0.29, 0.717) is 5.56 Å². The number of carbonyl (C=O) groups excluding carboxylic acids is 1. The van der Waals surface area contributed by atoms with Crippen molar-refractivity contribution in [1.82, 2.24) is 9.97 Å². The number of carbonyl (C=O) groups is 2. The molecule has 236 valence electrons. The number of rotatable bonds is 9. The van der Waals surface area contributed by atoms with Gasteiger partial charge >= 0.3 is 12.1 Å². The number of anilines is 1. The van der Waals surface area contributed by atoms with E-state index in [4.69, 9.17) is 10.5 Å². The van der Waals surface area contributed by atoms with E-state index >= 15 is 0 Å². The van der Waals surface area contributed by atoms with Crippen LogP contribution in [0.3, 0.4) is 0 Å². The Morgan fingerprint density at radius 3 is 2.16 bits per heavy atom. The van der Waals surface area contributed by atoms with Gasteiger partial charge in [0.2, 0.25) is 9.84 Å². The van der Waals surface area contributed by atoms with Gasteiger partial charge in [0.05, 0.1) is 10.6 Å². The number of hydrogen-bond donors (Lipinski definition) is 2. The first-order valence-electron chi connectivity index (χ1n) is 14.5. The van der Waals surface area contributed by atoms with E-state index in [9.17, 15) is 23.1 Å². The summed E-state index contributed by atoms with van der Waals surface area (Å²) in [6, 6.07) is 13.7. The molecule has 0 aliphatic heterocycles. The lowest BCUT2D eigenvalue weighted by atomic mass is 9.85. The van der Waals surface area contributed by atoms with E-state index in [1.54, 1.807) is 41.5 Å². The summed E-state index contributed by atoms with van der Waals surface area (Å²) in [4.78, 5) is 33.5. The molecule has 3 aromatic rings. The highest BCUT2D eigenvalue weighted by atomic mass is 32.2. The third kappa shape index (κ3) is 6.78. The fraction of sp³-hybridized carbons (Fsp3) is 0.455. The second-order valence-corrected chi connectivity index (χ2v) is 16.1. The summed E-state index contributed by atoms with van der Waals surface area (Å²) in [5.74, 6) is -1.38. The summed E-state index contributed by atoms with van der Waals surface area (Å²) >= 11 is 0. The normalized spacial score (nSPS) is 16.8.